The van der Waals surface area contributed by atoms with Crippen LogP contribution in [0.2, 0.25) is 0 Å². The molecule has 0 atom stereocenters. The molecule has 0 spiro atoms. The molecule has 2 rings (SSSR count). The summed E-state index contributed by atoms with van der Waals surface area (Å²) < 4.78 is 10.5. The van der Waals surface area contributed by atoms with Crippen LogP contribution in [0.1, 0.15) is 19.3 Å². The molecule has 0 aliphatic carbocycles. The predicted molar refractivity (Wildman–Crippen MR) is 85.2 cm³/mol. The van der Waals surface area contributed by atoms with E-state index < -0.39 is 35.8 Å². The second-order valence-corrected chi connectivity index (χ2v) is 5.13. The molecule has 0 aliphatic rings. The number of nitrogens with zero attached hydrogens (tertiary/aromatic N) is 2. The highest BCUT2D eigenvalue weighted by Gasteiger charge is 2.14. The zero-order valence-electron chi connectivity index (χ0n) is 14.0. The number of hydrogen-bond acceptors (Lipinski definition) is 10. The Morgan fingerprint density at radius 3 is 1.33 bits per heavy atom. The first-order valence-electron chi connectivity index (χ1n) is 7.78. The normalized spacial score (nSPS) is 10.4. The van der Waals surface area contributed by atoms with Crippen molar-refractivity contribution in [2.75, 3.05) is 13.2 Å². The fourth-order valence-electron chi connectivity index (χ4n) is 1.88. The number of carbonyl (C=O) groups excluding carboxylic acids is 2. The number of rotatable bonds is 8. The molecule has 0 unspecified atom stereocenters. The summed E-state index contributed by atoms with van der Waals surface area (Å²) in [5, 5.41) is 37.2. The number of aromatic nitrogens is 2. The Balaban J connectivity index is 1.53. The van der Waals surface area contributed by atoms with Gasteiger partial charge in [0.15, 0.2) is 0 Å². The van der Waals surface area contributed by atoms with Gasteiger partial charge in [-0.15, -0.1) is 9.46 Å². The van der Waals surface area contributed by atoms with Crippen LogP contribution >= 0.6 is 0 Å². The molecular weight excluding hydrogens is 368 g/mol. The highest BCUT2D eigenvalue weighted by molar-refractivity contribution is 5.61. The van der Waals surface area contributed by atoms with E-state index in [1.807, 2.05) is 0 Å². The van der Waals surface area contributed by atoms with Crippen LogP contribution in [0.5, 0.6) is 23.5 Å². The van der Waals surface area contributed by atoms with Gasteiger partial charge < -0.3 is 29.9 Å². The summed E-state index contributed by atoms with van der Waals surface area (Å²) in [6.45, 7) is 0.0222. The zero-order valence-corrected chi connectivity index (χ0v) is 14.0. The first-order valence-corrected chi connectivity index (χ1v) is 7.78. The van der Waals surface area contributed by atoms with Crippen molar-refractivity contribution in [3.05, 3.63) is 24.3 Å². The molecule has 0 fully saturated rings. The van der Waals surface area contributed by atoms with Crippen LogP contribution in [-0.4, -0.2) is 55.4 Å². The summed E-state index contributed by atoms with van der Waals surface area (Å²) in [7, 11) is 0. The van der Waals surface area contributed by atoms with E-state index in [1.54, 1.807) is 0 Å². The molecule has 0 aliphatic heterocycles. The van der Waals surface area contributed by atoms with Gasteiger partial charge in [0.05, 0.1) is 13.2 Å². The molecule has 12 heteroatoms. The van der Waals surface area contributed by atoms with Gasteiger partial charge in [0.1, 0.15) is 0 Å². The molecule has 4 N–H and O–H groups in total. The van der Waals surface area contributed by atoms with Crippen molar-refractivity contribution in [1.82, 2.24) is 9.46 Å². The van der Waals surface area contributed by atoms with Gasteiger partial charge in [0.25, 0.3) is 0 Å². The van der Waals surface area contributed by atoms with Crippen LogP contribution in [0.4, 0.5) is 9.59 Å². The van der Waals surface area contributed by atoms with E-state index in [2.05, 4.69) is 9.68 Å². The van der Waals surface area contributed by atoms with Crippen molar-refractivity contribution < 1.29 is 49.2 Å². The minimum atomic E-state index is -1.11. The molecule has 0 aromatic carbocycles. The van der Waals surface area contributed by atoms with E-state index in [-0.39, 0.29) is 13.2 Å². The maximum atomic E-state index is 11.4. The van der Waals surface area contributed by atoms with E-state index in [1.165, 1.54) is 0 Å². The van der Waals surface area contributed by atoms with E-state index in [4.69, 9.17) is 9.47 Å². The van der Waals surface area contributed by atoms with Crippen LogP contribution < -0.4 is 9.68 Å². The molecule has 12 nitrogen and oxygen atoms in total. The largest absolute Gasteiger partial charge is 0.533 e. The van der Waals surface area contributed by atoms with Crippen molar-refractivity contribution >= 4 is 12.3 Å². The predicted octanol–water partition coefficient (Wildman–Crippen LogP) is 1.11. The maximum absolute atomic E-state index is 11.4. The molecule has 0 radical (unpaired) electrons. The van der Waals surface area contributed by atoms with Crippen molar-refractivity contribution in [1.29, 1.82) is 0 Å². The molecular formula is C15H18N2O10. The van der Waals surface area contributed by atoms with Gasteiger partial charge in [-0.1, -0.05) is 0 Å². The van der Waals surface area contributed by atoms with Gasteiger partial charge >= 0.3 is 12.3 Å². The Bertz CT molecular complexity index is 678. The van der Waals surface area contributed by atoms with Crippen LogP contribution in [-0.2, 0) is 9.47 Å². The molecule has 2 heterocycles. The van der Waals surface area contributed by atoms with E-state index >= 15 is 0 Å². The molecule has 27 heavy (non-hydrogen) atoms. The fraction of sp³-hybridized carbons (Fsp3) is 0.333. The lowest BCUT2D eigenvalue weighted by atomic mass is 10.2. The van der Waals surface area contributed by atoms with Gasteiger partial charge in [-0.05, 0) is 19.3 Å². The topological polar surface area (TPSA) is 162 Å². The number of ether oxygens (including phenoxy) is 2. The average Bonchev–Trinajstić information content (AvgIpc) is 3.11. The summed E-state index contributed by atoms with van der Waals surface area (Å²) in [6, 6.07) is 4.53. The Hall–Kier alpha value is -3.70. The fourth-order valence-corrected chi connectivity index (χ4v) is 1.88. The van der Waals surface area contributed by atoms with Gasteiger partial charge in [0, 0.05) is 24.3 Å². The second kappa shape index (κ2) is 9.12. The standard InChI is InChI=1S/C15H18N2O10/c18-10-4-5-11(19)16(10)26-14(22)24-8-2-1-3-9-25-15(23)27-17-12(20)6-7-13(17)21/h4-7,18-21H,1-3,8-9H2. The maximum Gasteiger partial charge on any atom is 0.533 e. The molecule has 0 amide bonds. The smallest absolute Gasteiger partial charge is 0.492 e. The average molecular weight is 386 g/mol. The zero-order chi connectivity index (χ0) is 19.8. The quantitative estimate of drug-likeness (QED) is 0.382. The summed E-state index contributed by atoms with van der Waals surface area (Å²) in [4.78, 5) is 31.9. The molecule has 0 saturated carbocycles. The number of unbranched alkanes of at least 4 members (excludes halogenated alkanes) is 2. The summed E-state index contributed by atoms with van der Waals surface area (Å²) >= 11 is 0. The second-order valence-electron chi connectivity index (χ2n) is 5.13. The highest BCUT2D eigenvalue weighted by atomic mass is 16.8. The van der Waals surface area contributed by atoms with Gasteiger partial charge in [-0.2, -0.15) is 0 Å². The van der Waals surface area contributed by atoms with E-state index in [0.717, 1.165) is 24.3 Å². The monoisotopic (exact) mass is 386 g/mol. The van der Waals surface area contributed by atoms with Crippen molar-refractivity contribution in [2.45, 2.75) is 19.3 Å². The minimum Gasteiger partial charge on any atom is -0.492 e. The third kappa shape index (κ3) is 5.66. The molecule has 0 bridgehead atoms. The third-order valence-corrected chi connectivity index (χ3v) is 3.16. The molecule has 2 aromatic heterocycles. The molecule has 2 aromatic rings. The summed E-state index contributed by atoms with van der Waals surface area (Å²) in [5.41, 5.74) is 0. The van der Waals surface area contributed by atoms with Crippen LogP contribution in [0.15, 0.2) is 24.3 Å². The highest BCUT2D eigenvalue weighted by Crippen LogP contribution is 2.19. The van der Waals surface area contributed by atoms with Crippen molar-refractivity contribution in [2.24, 2.45) is 0 Å². The third-order valence-electron chi connectivity index (χ3n) is 3.16. The lowest BCUT2D eigenvalue weighted by Crippen LogP contribution is -2.21. The van der Waals surface area contributed by atoms with Crippen LogP contribution in [0, 0.1) is 0 Å². The number of hydrogen-bond donors (Lipinski definition) is 4. The van der Waals surface area contributed by atoms with Gasteiger partial charge in [0.2, 0.25) is 23.5 Å². The van der Waals surface area contributed by atoms with Crippen LogP contribution in [0.3, 0.4) is 0 Å². The lowest BCUT2D eigenvalue weighted by molar-refractivity contribution is 0.0312. The Morgan fingerprint density at radius 2 is 1.00 bits per heavy atom. The minimum absolute atomic E-state index is 0.0111. The first kappa shape index (κ1) is 19.6. The first-order chi connectivity index (χ1) is 12.9. The summed E-state index contributed by atoms with van der Waals surface area (Å²) in [5.74, 6) is -1.85. The number of aromatic hydroxyl groups is 4. The Morgan fingerprint density at radius 1 is 0.667 bits per heavy atom. The summed E-state index contributed by atoms with van der Waals surface area (Å²) in [6.07, 6.45) is -0.793. The molecule has 148 valence electrons. The SMILES string of the molecule is O=C(OCCCCCOC(=O)On1c(O)ccc1O)On1c(O)ccc1O. The van der Waals surface area contributed by atoms with Crippen molar-refractivity contribution in [3.63, 3.8) is 0 Å². The van der Waals surface area contributed by atoms with E-state index in [0.29, 0.717) is 28.7 Å². The van der Waals surface area contributed by atoms with Crippen molar-refractivity contribution in [3.8, 4) is 23.5 Å². The van der Waals surface area contributed by atoms with Gasteiger partial charge in [-0.3, -0.25) is 9.68 Å². The van der Waals surface area contributed by atoms with Crippen LogP contribution in [0.25, 0.3) is 0 Å². The van der Waals surface area contributed by atoms with Gasteiger partial charge in [-0.25, -0.2) is 9.59 Å². The lowest BCUT2D eigenvalue weighted by Gasteiger charge is -2.08. The molecule has 0 saturated heterocycles. The Labute approximate surface area is 152 Å². The van der Waals surface area contributed by atoms with E-state index in [9.17, 15) is 30.0 Å². The Kier molecular flexibility index (Phi) is 6.63. The number of carbonyl (C=O) groups is 2.